The van der Waals surface area contributed by atoms with E-state index in [0.717, 1.165) is 12.0 Å². The molecule has 3 heteroatoms. The Labute approximate surface area is 117 Å². The van der Waals surface area contributed by atoms with E-state index >= 15 is 0 Å². The molecule has 4 atom stereocenters. The average molecular weight is 270 g/mol. The molecular weight excluding hydrogens is 240 g/mol. The molecule has 1 saturated carbocycles. The second kappa shape index (κ2) is 5.72. The summed E-state index contributed by atoms with van der Waals surface area (Å²) in [6, 6.07) is 1.22. The second-order valence-corrected chi connectivity index (χ2v) is 8.15. The Morgan fingerprint density at radius 3 is 2.61 bits per heavy atom. The van der Waals surface area contributed by atoms with Crippen molar-refractivity contribution in [2.75, 3.05) is 25.1 Å². The number of thioether (sulfide) groups is 1. The topological polar surface area (TPSA) is 29.3 Å². The van der Waals surface area contributed by atoms with Gasteiger partial charge in [-0.15, -0.1) is 0 Å². The molecule has 1 aliphatic carbocycles. The third-order valence-electron chi connectivity index (χ3n) is 5.75. The van der Waals surface area contributed by atoms with Crippen LogP contribution in [0, 0.1) is 17.3 Å². The highest BCUT2D eigenvalue weighted by atomic mass is 32.2. The zero-order valence-electron chi connectivity index (χ0n) is 12.5. The van der Waals surface area contributed by atoms with Crippen molar-refractivity contribution in [1.29, 1.82) is 0 Å². The summed E-state index contributed by atoms with van der Waals surface area (Å²) in [6.45, 7) is 8.47. The molecular formula is C15H30N2S. The lowest BCUT2D eigenvalue weighted by Crippen LogP contribution is -2.50. The lowest BCUT2D eigenvalue weighted by atomic mass is 9.61. The van der Waals surface area contributed by atoms with E-state index in [2.05, 4.69) is 44.5 Å². The smallest absolute Gasteiger partial charge is 0.0191 e. The molecule has 0 spiro atoms. The molecule has 0 radical (unpaired) electrons. The standard InChI is InChI=1S/C15H30N2S/c1-11-14(16)6-5-12(15(11,2)3)9-17(4)13-7-8-18-10-13/h11-14H,5-10,16H2,1-4H3. The van der Waals surface area contributed by atoms with Crippen molar-refractivity contribution in [2.45, 2.75) is 52.1 Å². The minimum absolute atomic E-state index is 0.387. The van der Waals surface area contributed by atoms with Crippen LogP contribution in [-0.4, -0.2) is 42.1 Å². The van der Waals surface area contributed by atoms with Crippen molar-refractivity contribution in [3.05, 3.63) is 0 Å². The van der Waals surface area contributed by atoms with E-state index < -0.39 is 0 Å². The van der Waals surface area contributed by atoms with Crippen LogP contribution in [0.4, 0.5) is 0 Å². The SMILES string of the molecule is CC1C(N)CCC(CN(C)C2CCSC2)C1(C)C. The van der Waals surface area contributed by atoms with Gasteiger partial charge in [0.05, 0.1) is 0 Å². The maximum absolute atomic E-state index is 6.25. The van der Waals surface area contributed by atoms with E-state index in [9.17, 15) is 0 Å². The molecule has 1 heterocycles. The highest BCUT2D eigenvalue weighted by Gasteiger charge is 2.42. The fourth-order valence-corrected chi connectivity index (χ4v) is 4.93. The molecule has 0 aromatic rings. The quantitative estimate of drug-likeness (QED) is 0.855. The van der Waals surface area contributed by atoms with Crippen LogP contribution in [-0.2, 0) is 0 Å². The van der Waals surface area contributed by atoms with Gasteiger partial charge in [-0.05, 0) is 49.3 Å². The Bertz CT molecular complexity index is 274. The molecule has 1 aliphatic heterocycles. The number of hydrogen-bond donors (Lipinski definition) is 1. The molecule has 1 saturated heterocycles. The third kappa shape index (κ3) is 2.88. The van der Waals surface area contributed by atoms with Gasteiger partial charge in [0.25, 0.3) is 0 Å². The van der Waals surface area contributed by atoms with Gasteiger partial charge in [0.15, 0.2) is 0 Å². The summed E-state index contributed by atoms with van der Waals surface area (Å²) in [7, 11) is 2.33. The molecule has 2 fully saturated rings. The Balaban J connectivity index is 1.95. The predicted molar refractivity (Wildman–Crippen MR) is 82.0 cm³/mol. The summed E-state index contributed by atoms with van der Waals surface area (Å²) in [5, 5.41) is 0. The van der Waals surface area contributed by atoms with Crippen LogP contribution >= 0.6 is 11.8 Å². The Hall–Kier alpha value is 0.270. The van der Waals surface area contributed by atoms with Crippen molar-refractivity contribution in [2.24, 2.45) is 23.0 Å². The molecule has 0 bridgehead atoms. The van der Waals surface area contributed by atoms with Gasteiger partial charge >= 0.3 is 0 Å². The molecule has 18 heavy (non-hydrogen) atoms. The second-order valence-electron chi connectivity index (χ2n) is 7.01. The van der Waals surface area contributed by atoms with Crippen LogP contribution in [0.25, 0.3) is 0 Å². The lowest BCUT2D eigenvalue weighted by molar-refractivity contribution is 0.0276. The van der Waals surface area contributed by atoms with Gasteiger partial charge in [-0.3, -0.25) is 0 Å². The summed E-state index contributed by atoms with van der Waals surface area (Å²) in [5.41, 5.74) is 6.64. The zero-order valence-corrected chi connectivity index (χ0v) is 13.3. The van der Waals surface area contributed by atoms with Gasteiger partial charge in [0.1, 0.15) is 0 Å². The van der Waals surface area contributed by atoms with Gasteiger partial charge in [-0.25, -0.2) is 0 Å². The fourth-order valence-electron chi connectivity index (χ4n) is 3.63. The summed E-state index contributed by atoms with van der Waals surface area (Å²) in [6.07, 6.45) is 3.90. The van der Waals surface area contributed by atoms with Crippen molar-refractivity contribution in [3.8, 4) is 0 Å². The summed E-state index contributed by atoms with van der Waals surface area (Å²) >= 11 is 2.11. The fraction of sp³-hybridized carbons (Fsp3) is 1.00. The lowest BCUT2D eigenvalue weighted by Gasteiger charge is -2.48. The Morgan fingerprint density at radius 1 is 1.28 bits per heavy atom. The summed E-state index contributed by atoms with van der Waals surface area (Å²) < 4.78 is 0. The highest BCUT2D eigenvalue weighted by molar-refractivity contribution is 7.99. The van der Waals surface area contributed by atoms with Gasteiger partial charge < -0.3 is 10.6 Å². The van der Waals surface area contributed by atoms with E-state index in [1.807, 2.05) is 0 Å². The maximum Gasteiger partial charge on any atom is 0.0191 e. The Kier molecular flexibility index (Phi) is 4.66. The highest BCUT2D eigenvalue weighted by Crippen LogP contribution is 2.44. The number of nitrogens with zero attached hydrogens (tertiary/aromatic N) is 1. The maximum atomic E-state index is 6.25. The first-order valence-electron chi connectivity index (χ1n) is 7.46. The Morgan fingerprint density at radius 2 is 2.00 bits per heavy atom. The van der Waals surface area contributed by atoms with E-state index in [1.165, 1.54) is 37.3 Å². The zero-order chi connectivity index (χ0) is 13.3. The van der Waals surface area contributed by atoms with Gasteiger partial charge in [0.2, 0.25) is 0 Å². The number of nitrogens with two attached hydrogens (primary N) is 1. The van der Waals surface area contributed by atoms with Crippen molar-refractivity contribution in [1.82, 2.24) is 4.90 Å². The van der Waals surface area contributed by atoms with Gasteiger partial charge in [-0.1, -0.05) is 20.8 Å². The van der Waals surface area contributed by atoms with Crippen LogP contribution < -0.4 is 5.73 Å². The van der Waals surface area contributed by atoms with E-state index in [-0.39, 0.29) is 0 Å². The molecule has 2 rings (SSSR count). The van der Waals surface area contributed by atoms with E-state index in [0.29, 0.717) is 17.4 Å². The van der Waals surface area contributed by atoms with Crippen molar-refractivity contribution >= 4 is 11.8 Å². The molecule has 2 N–H and O–H groups in total. The number of rotatable bonds is 3. The predicted octanol–water partition coefficient (Wildman–Crippen LogP) is 2.82. The van der Waals surface area contributed by atoms with Crippen molar-refractivity contribution < 1.29 is 0 Å². The van der Waals surface area contributed by atoms with Crippen molar-refractivity contribution in [3.63, 3.8) is 0 Å². The molecule has 0 aromatic carbocycles. The molecule has 2 nitrogen and oxygen atoms in total. The summed E-state index contributed by atoms with van der Waals surface area (Å²) in [4.78, 5) is 2.62. The molecule has 0 aromatic heterocycles. The first-order valence-corrected chi connectivity index (χ1v) is 8.62. The average Bonchev–Trinajstić information content (AvgIpc) is 2.84. The molecule has 106 valence electrons. The normalized spacial score (nSPS) is 40.3. The molecule has 0 amide bonds. The van der Waals surface area contributed by atoms with Crippen LogP contribution in [0.15, 0.2) is 0 Å². The third-order valence-corrected chi connectivity index (χ3v) is 6.90. The summed E-state index contributed by atoms with van der Waals surface area (Å²) in [5.74, 6) is 4.13. The van der Waals surface area contributed by atoms with Gasteiger partial charge in [-0.2, -0.15) is 11.8 Å². The molecule has 4 unspecified atom stereocenters. The van der Waals surface area contributed by atoms with E-state index in [1.54, 1.807) is 0 Å². The van der Waals surface area contributed by atoms with E-state index in [4.69, 9.17) is 5.73 Å². The van der Waals surface area contributed by atoms with Crippen LogP contribution in [0.1, 0.15) is 40.0 Å². The van der Waals surface area contributed by atoms with Crippen LogP contribution in [0.3, 0.4) is 0 Å². The van der Waals surface area contributed by atoms with Crippen LogP contribution in [0.5, 0.6) is 0 Å². The first-order chi connectivity index (χ1) is 8.43. The minimum atomic E-state index is 0.387. The first kappa shape index (κ1) is 14.7. The monoisotopic (exact) mass is 270 g/mol. The van der Waals surface area contributed by atoms with Crippen LogP contribution in [0.2, 0.25) is 0 Å². The molecule has 2 aliphatic rings. The minimum Gasteiger partial charge on any atom is -0.327 e. The number of hydrogen-bond acceptors (Lipinski definition) is 3. The van der Waals surface area contributed by atoms with Gasteiger partial charge in [0, 0.05) is 24.4 Å². The largest absolute Gasteiger partial charge is 0.327 e.